The van der Waals surface area contributed by atoms with E-state index in [0.29, 0.717) is 5.28 Å². The fourth-order valence-electron chi connectivity index (χ4n) is 0.997. The molecule has 60 valence electrons. The highest BCUT2D eigenvalue weighted by molar-refractivity contribution is 14.1. The van der Waals surface area contributed by atoms with Crippen LogP contribution in [0.25, 0.3) is 10.9 Å². The molecular formula is C8H4ClIN2. The van der Waals surface area contributed by atoms with E-state index < -0.39 is 0 Å². The summed E-state index contributed by atoms with van der Waals surface area (Å²) in [5, 5.41) is 1.34. The third-order valence-electron chi connectivity index (χ3n) is 1.54. The number of aromatic nitrogens is 2. The molecule has 0 radical (unpaired) electrons. The van der Waals surface area contributed by atoms with Gasteiger partial charge in [0.25, 0.3) is 0 Å². The Hall–Kier alpha value is -0.420. The van der Waals surface area contributed by atoms with E-state index in [2.05, 4.69) is 32.6 Å². The molecule has 0 amide bonds. The van der Waals surface area contributed by atoms with Gasteiger partial charge in [-0.05, 0) is 46.3 Å². The van der Waals surface area contributed by atoms with Gasteiger partial charge in [0, 0.05) is 15.2 Å². The average Bonchev–Trinajstić information content (AvgIpc) is 2.04. The molecule has 0 N–H and O–H groups in total. The number of hydrogen-bond acceptors (Lipinski definition) is 2. The number of nitrogens with zero attached hydrogens (tertiary/aromatic N) is 2. The summed E-state index contributed by atoms with van der Waals surface area (Å²) in [5.41, 5.74) is 0.891. The van der Waals surface area contributed by atoms with Crippen LogP contribution in [0.3, 0.4) is 0 Å². The van der Waals surface area contributed by atoms with E-state index in [1.807, 2.05) is 18.2 Å². The van der Waals surface area contributed by atoms with Gasteiger partial charge in [-0.25, -0.2) is 9.97 Å². The normalized spacial score (nSPS) is 10.5. The number of halogens is 2. The second kappa shape index (κ2) is 3.14. The van der Waals surface area contributed by atoms with E-state index in [9.17, 15) is 0 Å². The van der Waals surface area contributed by atoms with Crippen molar-refractivity contribution in [2.24, 2.45) is 0 Å². The molecule has 0 saturated carbocycles. The molecule has 2 rings (SSSR count). The molecule has 2 nitrogen and oxygen atoms in total. The molecule has 0 aliphatic heterocycles. The van der Waals surface area contributed by atoms with E-state index in [-0.39, 0.29) is 0 Å². The third kappa shape index (κ3) is 1.38. The lowest BCUT2D eigenvalue weighted by atomic mass is 10.2. The topological polar surface area (TPSA) is 25.8 Å². The van der Waals surface area contributed by atoms with Gasteiger partial charge in [0.15, 0.2) is 0 Å². The first-order valence-corrected chi connectivity index (χ1v) is 4.80. The van der Waals surface area contributed by atoms with Gasteiger partial charge in [0.1, 0.15) is 0 Å². The highest BCUT2D eigenvalue weighted by Crippen LogP contribution is 2.18. The van der Waals surface area contributed by atoms with Gasteiger partial charge in [-0.1, -0.05) is 6.07 Å². The van der Waals surface area contributed by atoms with Gasteiger partial charge in [0.05, 0.1) is 5.52 Å². The molecule has 0 bridgehead atoms. The van der Waals surface area contributed by atoms with E-state index >= 15 is 0 Å². The van der Waals surface area contributed by atoms with Crippen LogP contribution in [-0.2, 0) is 0 Å². The first kappa shape index (κ1) is 8.19. The third-order valence-corrected chi connectivity index (χ3v) is 2.67. The molecule has 12 heavy (non-hydrogen) atoms. The Kier molecular flexibility index (Phi) is 2.14. The molecule has 0 aliphatic carbocycles. The predicted octanol–water partition coefficient (Wildman–Crippen LogP) is 2.89. The van der Waals surface area contributed by atoms with Crippen molar-refractivity contribution in [1.29, 1.82) is 0 Å². The largest absolute Gasteiger partial charge is 0.226 e. The van der Waals surface area contributed by atoms with Crippen molar-refractivity contribution < 1.29 is 0 Å². The van der Waals surface area contributed by atoms with Crippen LogP contribution in [0.15, 0.2) is 24.4 Å². The molecular weight excluding hydrogens is 286 g/mol. The van der Waals surface area contributed by atoms with Gasteiger partial charge >= 0.3 is 0 Å². The van der Waals surface area contributed by atoms with Gasteiger partial charge in [-0.3, -0.25) is 0 Å². The van der Waals surface area contributed by atoms with Crippen LogP contribution in [0.1, 0.15) is 0 Å². The summed E-state index contributed by atoms with van der Waals surface area (Å²) < 4.78 is 1.14. The summed E-state index contributed by atoms with van der Waals surface area (Å²) in [7, 11) is 0. The van der Waals surface area contributed by atoms with E-state index in [1.54, 1.807) is 6.20 Å². The number of benzene rings is 1. The Labute approximate surface area is 88.1 Å². The Bertz CT molecular complexity index is 430. The highest BCUT2D eigenvalue weighted by atomic mass is 127. The first-order valence-electron chi connectivity index (χ1n) is 3.34. The first-order chi connectivity index (χ1) is 5.77. The van der Waals surface area contributed by atoms with Crippen molar-refractivity contribution in [2.45, 2.75) is 0 Å². The zero-order valence-corrected chi connectivity index (χ0v) is 8.87. The molecule has 1 aromatic heterocycles. The maximum absolute atomic E-state index is 5.65. The van der Waals surface area contributed by atoms with E-state index in [4.69, 9.17) is 11.6 Å². The fourth-order valence-corrected chi connectivity index (χ4v) is 1.76. The van der Waals surface area contributed by atoms with Crippen molar-refractivity contribution in [2.75, 3.05) is 0 Å². The van der Waals surface area contributed by atoms with Crippen molar-refractivity contribution in [3.05, 3.63) is 33.2 Å². The molecule has 1 heterocycles. The second-order valence-electron chi connectivity index (χ2n) is 2.31. The SMILES string of the molecule is Clc1ncc2c(I)cccc2n1. The van der Waals surface area contributed by atoms with Crippen molar-refractivity contribution in [1.82, 2.24) is 9.97 Å². The predicted molar refractivity (Wildman–Crippen MR) is 57.3 cm³/mol. The lowest BCUT2D eigenvalue weighted by Crippen LogP contribution is -1.85. The second-order valence-corrected chi connectivity index (χ2v) is 3.81. The van der Waals surface area contributed by atoms with Gasteiger partial charge < -0.3 is 0 Å². The zero-order valence-electron chi connectivity index (χ0n) is 5.96. The van der Waals surface area contributed by atoms with Gasteiger partial charge in [-0.2, -0.15) is 0 Å². The van der Waals surface area contributed by atoms with E-state index in [1.165, 1.54) is 0 Å². The van der Waals surface area contributed by atoms with Crippen LogP contribution in [0.2, 0.25) is 5.28 Å². The van der Waals surface area contributed by atoms with Crippen LogP contribution in [0, 0.1) is 3.57 Å². The summed E-state index contributed by atoms with van der Waals surface area (Å²) in [5.74, 6) is 0. The van der Waals surface area contributed by atoms with Crippen molar-refractivity contribution in [3.63, 3.8) is 0 Å². The monoisotopic (exact) mass is 290 g/mol. The Morgan fingerprint density at radius 3 is 3.00 bits per heavy atom. The van der Waals surface area contributed by atoms with Crippen LogP contribution in [0.5, 0.6) is 0 Å². The lowest BCUT2D eigenvalue weighted by Gasteiger charge is -1.97. The number of fused-ring (bicyclic) bond motifs is 1. The minimum atomic E-state index is 0.296. The summed E-state index contributed by atoms with van der Waals surface area (Å²) >= 11 is 7.89. The summed E-state index contributed by atoms with van der Waals surface area (Å²) in [6, 6.07) is 5.89. The number of hydrogen-bond donors (Lipinski definition) is 0. The fraction of sp³-hybridized carbons (Fsp3) is 0. The summed E-state index contributed by atoms with van der Waals surface area (Å²) in [6.45, 7) is 0. The van der Waals surface area contributed by atoms with Crippen LogP contribution >= 0.6 is 34.2 Å². The molecule has 2 aromatic rings. The van der Waals surface area contributed by atoms with Gasteiger partial charge in [-0.15, -0.1) is 0 Å². The zero-order chi connectivity index (χ0) is 8.55. The maximum Gasteiger partial charge on any atom is 0.222 e. The van der Waals surface area contributed by atoms with Crippen LogP contribution in [0.4, 0.5) is 0 Å². The standard InChI is InChI=1S/C8H4ClIN2/c9-8-11-4-5-6(10)2-1-3-7(5)12-8/h1-4H. The number of rotatable bonds is 0. The smallest absolute Gasteiger partial charge is 0.222 e. The lowest BCUT2D eigenvalue weighted by molar-refractivity contribution is 1.22. The Morgan fingerprint density at radius 1 is 1.33 bits per heavy atom. The van der Waals surface area contributed by atoms with Gasteiger partial charge in [0.2, 0.25) is 5.28 Å². The minimum absolute atomic E-state index is 0.296. The van der Waals surface area contributed by atoms with Crippen molar-refractivity contribution in [3.8, 4) is 0 Å². The molecule has 0 saturated heterocycles. The maximum atomic E-state index is 5.65. The molecule has 4 heteroatoms. The van der Waals surface area contributed by atoms with Crippen molar-refractivity contribution >= 4 is 45.1 Å². The van der Waals surface area contributed by atoms with E-state index in [0.717, 1.165) is 14.5 Å². The quantitative estimate of drug-likeness (QED) is 0.551. The van der Waals surface area contributed by atoms with Crippen LogP contribution in [-0.4, -0.2) is 9.97 Å². The molecule has 0 spiro atoms. The van der Waals surface area contributed by atoms with Crippen LogP contribution < -0.4 is 0 Å². The molecule has 1 aromatic carbocycles. The molecule has 0 atom stereocenters. The summed E-state index contributed by atoms with van der Waals surface area (Å²) in [6.07, 6.45) is 1.74. The molecule has 0 fully saturated rings. The Morgan fingerprint density at radius 2 is 2.17 bits per heavy atom. The minimum Gasteiger partial charge on any atom is -0.226 e. The molecule has 0 aliphatic rings. The summed E-state index contributed by atoms with van der Waals surface area (Å²) in [4.78, 5) is 8.00. The molecule has 0 unspecified atom stereocenters. The Balaban J connectivity index is 2.86. The highest BCUT2D eigenvalue weighted by Gasteiger charge is 1.99. The average molecular weight is 290 g/mol.